The van der Waals surface area contributed by atoms with Crippen LogP contribution in [0.25, 0.3) is 0 Å². The molecule has 124 valence electrons. The van der Waals surface area contributed by atoms with Crippen molar-refractivity contribution in [1.29, 1.82) is 0 Å². The molecule has 0 aliphatic rings. The van der Waals surface area contributed by atoms with Crippen molar-refractivity contribution in [2.45, 2.75) is 25.4 Å². The lowest BCUT2D eigenvalue weighted by Gasteiger charge is -2.07. The summed E-state index contributed by atoms with van der Waals surface area (Å²) in [5.74, 6) is 1.68. The molecule has 0 saturated carbocycles. The Morgan fingerprint density at radius 2 is 2.17 bits per heavy atom. The van der Waals surface area contributed by atoms with E-state index in [2.05, 4.69) is 29.4 Å². The number of carbonyl (C=O) groups excluding carboxylic acids is 1. The van der Waals surface area contributed by atoms with Crippen LogP contribution in [0.5, 0.6) is 0 Å². The zero-order valence-corrected chi connectivity index (χ0v) is 14.4. The molecule has 7 heteroatoms. The predicted octanol–water partition coefficient (Wildman–Crippen LogP) is 2.67. The van der Waals surface area contributed by atoms with E-state index in [0.717, 1.165) is 16.7 Å². The maximum absolute atomic E-state index is 13.1. The SMILES string of the molecule is CC(C)CSc1nnc(CCNC(=O)c2cccc(F)c2)n1C. The minimum atomic E-state index is -0.419. The van der Waals surface area contributed by atoms with Gasteiger partial charge in [-0.3, -0.25) is 4.79 Å². The summed E-state index contributed by atoms with van der Waals surface area (Å²) in [6.07, 6.45) is 0.576. The molecule has 2 rings (SSSR count). The number of thioether (sulfide) groups is 1. The Bertz CT molecular complexity index is 672. The third-order valence-corrected chi connectivity index (χ3v) is 4.64. The minimum absolute atomic E-state index is 0.291. The number of nitrogens with zero attached hydrogens (tertiary/aromatic N) is 3. The van der Waals surface area contributed by atoms with Gasteiger partial charge in [0.1, 0.15) is 11.6 Å². The van der Waals surface area contributed by atoms with Crippen LogP contribution in [0.3, 0.4) is 0 Å². The molecule has 2 aromatic rings. The van der Waals surface area contributed by atoms with Gasteiger partial charge >= 0.3 is 0 Å². The third kappa shape index (κ3) is 5.06. The van der Waals surface area contributed by atoms with Crippen molar-refractivity contribution in [3.8, 4) is 0 Å². The molecule has 0 aliphatic heterocycles. The number of hydrogen-bond donors (Lipinski definition) is 1. The first kappa shape index (κ1) is 17.5. The van der Waals surface area contributed by atoms with Crippen molar-refractivity contribution in [1.82, 2.24) is 20.1 Å². The lowest BCUT2D eigenvalue weighted by atomic mass is 10.2. The van der Waals surface area contributed by atoms with E-state index in [4.69, 9.17) is 0 Å². The Hall–Kier alpha value is -1.89. The molecule has 1 amide bonds. The van der Waals surface area contributed by atoms with Gasteiger partial charge in [0.2, 0.25) is 0 Å². The first-order chi connectivity index (χ1) is 11.0. The average Bonchev–Trinajstić information content (AvgIpc) is 2.86. The molecule has 0 saturated heterocycles. The Labute approximate surface area is 139 Å². The standard InChI is InChI=1S/C16H21FN4OS/c1-11(2)10-23-16-20-19-14(21(16)3)7-8-18-15(22)12-5-4-6-13(17)9-12/h4-6,9,11H,7-8,10H2,1-3H3,(H,18,22). The summed E-state index contributed by atoms with van der Waals surface area (Å²) >= 11 is 1.67. The second-order valence-electron chi connectivity index (χ2n) is 5.68. The molecule has 1 heterocycles. The molecule has 23 heavy (non-hydrogen) atoms. The normalized spacial score (nSPS) is 11.0. The van der Waals surface area contributed by atoms with Crippen molar-refractivity contribution in [2.24, 2.45) is 13.0 Å². The fourth-order valence-corrected chi connectivity index (χ4v) is 2.83. The van der Waals surface area contributed by atoms with Crippen molar-refractivity contribution in [2.75, 3.05) is 12.3 Å². The molecule has 5 nitrogen and oxygen atoms in total. The average molecular weight is 336 g/mol. The van der Waals surface area contributed by atoms with E-state index in [-0.39, 0.29) is 5.91 Å². The zero-order chi connectivity index (χ0) is 16.8. The Balaban J connectivity index is 1.85. The zero-order valence-electron chi connectivity index (χ0n) is 13.5. The molecule has 0 spiro atoms. The van der Waals surface area contributed by atoms with Gasteiger partial charge in [-0.05, 0) is 24.1 Å². The molecule has 0 radical (unpaired) electrons. The van der Waals surface area contributed by atoms with Gasteiger partial charge in [0.25, 0.3) is 5.91 Å². The van der Waals surface area contributed by atoms with Gasteiger partial charge in [-0.15, -0.1) is 10.2 Å². The van der Waals surface area contributed by atoms with Gasteiger partial charge in [-0.25, -0.2) is 4.39 Å². The first-order valence-electron chi connectivity index (χ1n) is 7.52. The molecule has 1 aromatic heterocycles. The second kappa shape index (κ2) is 8.10. The highest BCUT2D eigenvalue weighted by Gasteiger charge is 2.11. The predicted molar refractivity (Wildman–Crippen MR) is 89.0 cm³/mol. The highest BCUT2D eigenvalue weighted by Crippen LogP contribution is 2.18. The van der Waals surface area contributed by atoms with E-state index in [1.807, 2.05) is 11.6 Å². The largest absolute Gasteiger partial charge is 0.352 e. The number of amides is 1. The molecule has 0 unspecified atom stereocenters. The smallest absolute Gasteiger partial charge is 0.251 e. The van der Waals surface area contributed by atoms with Gasteiger partial charge in [0.05, 0.1) is 0 Å². The Kier molecular flexibility index (Phi) is 6.15. The quantitative estimate of drug-likeness (QED) is 0.790. The molecule has 1 aromatic carbocycles. The van der Waals surface area contributed by atoms with Gasteiger partial charge < -0.3 is 9.88 Å². The number of nitrogens with one attached hydrogen (secondary N) is 1. The molecule has 0 fully saturated rings. The van der Waals surface area contributed by atoms with E-state index >= 15 is 0 Å². The number of carbonyl (C=O) groups is 1. The van der Waals surface area contributed by atoms with Crippen LogP contribution in [-0.4, -0.2) is 33.0 Å². The van der Waals surface area contributed by atoms with Crippen LogP contribution >= 0.6 is 11.8 Å². The molecule has 0 bridgehead atoms. The van der Waals surface area contributed by atoms with Gasteiger partial charge in [0, 0.05) is 31.3 Å². The maximum atomic E-state index is 13.1. The Morgan fingerprint density at radius 3 is 2.87 bits per heavy atom. The fourth-order valence-electron chi connectivity index (χ4n) is 1.95. The molecule has 0 aliphatic carbocycles. The number of benzene rings is 1. The van der Waals surface area contributed by atoms with Crippen LogP contribution in [0.1, 0.15) is 30.0 Å². The van der Waals surface area contributed by atoms with Gasteiger partial charge in [-0.2, -0.15) is 0 Å². The van der Waals surface area contributed by atoms with Crippen LogP contribution in [0.15, 0.2) is 29.4 Å². The highest BCUT2D eigenvalue weighted by molar-refractivity contribution is 7.99. The van der Waals surface area contributed by atoms with Gasteiger partial charge in [-0.1, -0.05) is 31.7 Å². The van der Waals surface area contributed by atoms with Crippen LogP contribution in [-0.2, 0) is 13.5 Å². The number of hydrogen-bond acceptors (Lipinski definition) is 4. The highest BCUT2D eigenvalue weighted by atomic mass is 32.2. The third-order valence-electron chi connectivity index (χ3n) is 3.19. The number of halogens is 1. The van der Waals surface area contributed by atoms with E-state index < -0.39 is 5.82 Å². The molecular weight excluding hydrogens is 315 g/mol. The van der Waals surface area contributed by atoms with Crippen molar-refractivity contribution in [3.63, 3.8) is 0 Å². The van der Waals surface area contributed by atoms with Crippen LogP contribution < -0.4 is 5.32 Å². The van der Waals surface area contributed by atoms with E-state index in [9.17, 15) is 9.18 Å². The van der Waals surface area contributed by atoms with Crippen molar-refractivity contribution < 1.29 is 9.18 Å². The lowest BCUT2D eigenvalue weighted by Crippen LogP contribution is -2.26. The summed E-state index contributed by atoms with van der Waals surface area (Å²) in [6.45, 7) is 4.74. The molecule has 1 N–H and O–H groups in total. The van der Waals surface area contributed by atoms with Crippen molar-refractivity contribution in [3.05, 3.63) is 41.5 Å². The maximum Gasteiger partial charge on any atom is 0.251 e. The minimum Gasteiger partial charge on any atom is -0.352 e. The topological polar surface area (TPSA) is 59.8 Å². The van der Waals surface area contributed by atoms with E-state index in [0.29, 0.717) is 24.4 Å². The van der Waals surface area contributed by atoms with Crippen LogP contribution in [0, 0.1) is 11.7 Å². The lowest BCUT2D eigenvalue weighted by molar-refractivity contribution is 0.0953. The summed E-state index contributed by atoms with van der Waals surface area (Å²) in [5, 5.41) is 12.0. The summed E-state index contributed by atoms with van der Waals surface area (Å²) in [5.41, 5.74) is 0.316. The fraction of sp³-hybridized carbons (Fsp3) is 0.438. The summed E-state index contributed by atoms with van der Waals surface area (Å²) in [7, 11) is 1.92. The molecular formula is C16H21FN4OS. The second-order valence-corrected chi connectivity index (χ2v) is 6.67. The first-order valence-corrected chi connectivity index (χ1v) is 8.50. The number of rotatable bonds is 7. The molecule has 0 atom stereocenters. The summed E-state index contributed by atoms with van der Waals surface area (Å²) in [6, 6.07) is 5.64. The summed E-state index contributed by atoms with van der Waals surface area (Å²) < 4.78 is 15.0. The van der Waals surface area contributed by atoms with Crippen LogP contribution in [0.2, 0.25) is 0 Å². The van der Waals surface area contributed by atoms with Gasteiger partial charge in [0.15, 0.2) is 5.16 Å². The Morgan fingerprint density at radius 1 is 1.39 bits per heavy atom. The van der Waals surface area contributed by atoms with E-state index in [1.165, 1.54) is 18.2 Å². The van der Waals surface area contributed by atoms with Crippen LogP contribution in [0.4, 0.5) is 4.39 Å². The van der Waals surface area contributed by atoms with E-state index in [1.54, 1.807) is 17.8 Å². The summed E-state index contributed by atoms with van der Waals surface area (Å²) in [4.78, 5) is 11.9. The monoisotopic (exact) mass is 336 g/mol. The van der Waals surface area contributed by atoms with Crippen molar-refractivity contribution >= 4 is 17.7 Å². The number of aromatic nitrogens is 3.